The molecule has 3 rings (SSSR count). The van der Waals surface area contributed by atoms with Gasteiger partial charge in [-0.1, -0.05) is 11.6 Å². The third-order valence-electron chi connectivity index (χ3n) is 3.33. The van der Waals surface area contributed by atoms with Gasteiger partial charge < -0.3 is 10.1 Å². The van der Waals surface area contributed by atoms with Crippen LogP contribution in [0.1, 0.15) is 29.0 Å². The van der Waals surface area contributed by atoms with Crippen LogP contribution in [0.3, 0.4) is 0 Å². The summed E-state index contributed by atoms with van der Waals surface area (Å²) in [5.74, 6) is 0.921. The highest BCUT2D eigenvalue weighted by atomic mass is 79.9. The first-order valence-corrected chi connectivity index (χ1v) is 8.04. The van der Waals surface area contributed by atoms with Crippen molar-refractivity contribution in [2.45, 2.75) is 18.6 Å². The fraction of sp³-hybridized carbons (Fsp3) is 0.286. The zero-order chi connectivity index (χ0) is 13.4. The molecule has 0 spiro atoms. The van der Waals surface area contributed by atoms with Crippen LogP contribution in [-0.2, 0) is 0 Å². The van der Waals surface area contributed by atoms with Crippen molar-refractivity contribution in [2.75, 3.05) is 7.05 Å². The van der Waals surface area contributed by atoms with Crippen LogP contribution in [0.5, 0.6) is 5.75 Å². The van der Waals surface area contributed by atoms with Crippen LogP contribution in [0.4, 0.5) is 0 Å². The summed E-state index contributed by atoms with van der Waals surface area (Å²) in [6.45, 7) is 0. The van der Waals surface area contributed by atoms with E-state index in [-0.39, 0.29) is 12.1 Å². The van der Waals surface area contributed by atoms with Gasteiger partial charge in [0.25, 0.3) is 0 Å². The Labute approximate surface area is 129 Å². The molecule has 5 heteroatoms. The van der Waals surface area contributed by atoms with E-state index in [4.69, 9.17) is 16.3 Å². The van der Waals surface area contributed by atoms with Crippen LogP contribution in [0, 0.1) is 0 Å². The number of thiophene rings is 1. The quantitative estimate of drug-likeness (QED) is 0.820. The van der Waals surface area contributed by atoms with Crippen LogP contribution in [0.2, 0.25) is 5.02 Å². The Morgan fingerprint density at radius 3 is 2.89 bits per heavy atom. The summed E-state index contributed by atoms with van der Waals surface area (Å²) >= 11 is 11.3. The lowest BCUT2D eigenvalue weighted by molar-refractivity contribution is 0.157. The largest absolute Gasteiger partial charge is 0.484 e. The monoisotopic (exact) mass is 357 g/mol. The van der Waals surface area contributed by atoms with E-state index >= 15 is 0 Å². The summed E-state index contributed by atoms with van der Waals surface area (Å²) in [6.07, 6.45) is 1.01. The van der Waals surface area contributed by atoms with Crippen molar-refractivity contribution in [3.8, 4) is 5.75 Å². The van der Waals surface area contributed by atoms with Crippen molar-refractivity contribution in [1.82, 2.24) is 5.32 Å². The number of hydrogen-bond donors (Lipinski definition) is 1. The molecule has 0 radical (unpaired) electrons. The Morgan fingerprint density at radius 2 is 2.21 bits per heavy atom. The lowest BCUT2D eigenvalue weighted by atomic mass is 9.96. The van der Waals surface area contributed by atoms with Crippen LogP contribution in [0.15, 0.2) is 34.1 Å². The van der Waals surface area contributed by atoms with Crippen LogP contribution < -0.4 is 10.1 Å². The van der Waals surface area contributed by atoms with Crippen molar-refractivity contribution >= 4 is 38.9 Å². The van der Waals surface area contributed by atoms with Gasteiger partial charge in [-0.05, 0) is 53.3 Å². The fourth-order valence-corrected chi connectivity index (χ4v) is 4.04. The van der Waals surface area contributed by atoms with Gasteiger partial charge in [-0.3, -0.25) is 0 Å². The van der Waals surface area contributed by atoms with E-state index in [9.17, 15) is 0 Å². The average Bonchev–Trinajstić information content (AvgIpc) is 2.84. The molecule has 0 fully saturated rings. The minimum atomic E-state index is 0.0995. The first-order chi connectivity index (χ1) is 9.17. The van der Waals surface area contributed by atoms with Gasteiger partial charge in [0, 0.05) is 27.9 Å². The van der Waals surface area contributed by atoms with Crippen molar-refractivity contribution in [3.63, 3.8) is 0 Å². The zero-order valence-corrected chi connectivity index (χ0v) is 13.5. The van der Waals surface area contributed by atoms with E-state index in [2.05, 4.69) is 33.4 Å². The molecule has 2 atom stereocenters. The molecule has 1 aromatic carbocycles. The number of hydrogen-bond acceptors (Lipinski definition) is 3. The van der Waals surface area contributed by atoms with Crippen LogP contribution >= 0.6 is 38.9 Å². The SMILES string of the molecule is CNC1CC(c2ccc(Br)s2)Oc2ccc(Cl)cc21. The van der Waals surface area contributed by atoms with Gasteiger partial charge in [-0.15, -0.1) is 11.3 Å². The Kier molecular flexibility index (Phi) is 3.85. The summed E-state index contributed by atoms with van der Waals surface area (Å²) < 4.78 is 7.24. The van der Waals surface area contributed by atoms with E-state index in [0.29, 0.717) is 0 Å². The maximum Gasteiger partial charge on any atom is 0.135 e. The average molecular weight is 359 g/mol. The third kappa shape index (κ3) is 2.68. The van der Waals surface area contributed by atoms with Gasteiger partial charge in [-0.2, -0.15) is 0 Å². The summed E-state index contributed by atoms with van der Waals surface area (Å²) in [4.78, 5) is 1.24. The molecule has 1 N–H and O–H groups in total. The second kappa shape index (κ2) is 5.44. The summed E-state index contributed by atoms with van der Waals surface area (Å²) in [5, 5.41) is 4.10. The predicted octanol–water partition coefficient (Wildman–Crippen LogP) is 4.95. The molecule has 100 valence electrons. The molecule has 2 nitrogen and oxygen atoms in total. The molecule has 1 aliphatic heterocycles. The highest BCUT2D eigenvalue weighted by Crippen LogP contribution is 2.43. The van der Waals surface area contributed by atoms with Crippen molar-refractivity contribution < 1.29 is 4.74 Å². The smallest absolute Gasteiger partial charge is 0.135 e. The third-order valence-corrected chi connectivity index (χ3v) is 5.28. The van der Waals surface area contributed by atoms with E-state index < -0.39 is 0 Å². The minimum Gasteiger partial charge on any atom is -0.484 e. The number of fused-ring (bicyclic) bond motifs is 1. The van der Waals surface area contributed by atoms with Crippen molar-refractivity contribution in [1.29, 1.82) is 0 Å². The molecule has 2 heterocycles. The molecule has 1 aliphatic rings. The van der Waals surface area contributed by atoms with E-state index in [1.807, 2.05) is 25.2 Å². The number of nitrogens with one attached hydrogen (secondary N) is 1. The Bertz CT molecular complexity index is 601. The van der Waals surface area contributed by atoms with E-state index in [1.54, 1.807) is 11.3 Å². The topological polar surface area (TPSA) is 21.3 Å². The standard InChI is InChI=1S/C14H13BrClNOS/c1-17-10-7-12(13-4-5-14(15)19-13)18-11-3-2-8(16)6-9(10)11/h2-6,10,12,17H,7H2,1H3. The summed E-state index contributed by atoms with van der Waals surface area (Å²) in [6, 6.07) is 10.3. The molecule has 0 amide bonds. The summed E-state index contributed by atoms with van der Waals surface area (Å²) in [5.41, 5.74) is 1.14. The molecule has 0 bridgehead atoms. The normalized spacial score (nSPS) is 21.8. The molecule has 0 saturated heterocycles. The molecular weight excluding hydrogens is 346 g/mol. The fourth-order valence-electron chi connectivity index (χ4n) is 2.39. The Hall–Kier alpha value is -0.550. The lowest BCUT2D eigenvalue weighted by Crippen LogP contribution is -2.26. The maximum atomic E-state index is 6.11. The van der Waals surface area contributed by atoms with Gasteiger partial charge in [0.05, 0.1) is 3.79 Å². The van der Waals surface area contributed by atoms with Gasteiger partial charge in [0.2, 0.25) is 0 Å². The highest BCUT2D eigenvalue weighted by Gasteiger charge is 2.29. The lowest BCUT2D eigenvalue weighted by Gasteiger charge is -2.31. The van der Waals surface area contributed by atoms with Crippen LogP contribution in [0.25, 0.3) is 0 Å². The molecule has 2 unspecified atom stereocenters. The van der Waals surface area contributed by atoms with Crippen LogP contribution in [-0.4, -0.2) is 7.05 Å². The van der Waals surface area contributed by atoms with Gasteiger partial charge in [0.15, 0.2) is 0 Å². The van der Waals surface area contributed by atoms with Gasteiger partial charge in [-0.25, -0.2) is 0 Å². The van der Waals surface area contributed by atoms with Crippen molar-refractivity contribution in [3.05, 3.63) is 49.6 Å². The first-order valence-electron chi connectivity index (χ1n) is 6.06. The Morgan fingerprint density at radius 1 is 1.37 bits per heavy atom. The number of halogens is 2. The molecular formula is C14H13BrClNOS. The molecule has 19 heavy (non-hydrogen) atoms. The summed E-state index contributed by atoms with van der Waals surface area (Å²) in [7, 11) is 1.97. The maximum absolute atomic E-state index is 6.11. The van der Waals surface area contributed by atoms with Gasteiger partial charge >= 0.3 is 0 Å². The van der Waals surface area contributed by atoms with Crippen molar-refractivity contribution in [2.24, 2.45) is 0 Å². The first kappa shape index (κ1) is 13.4. The molecule has 2 aromatic rings. The zero-order valence-electron chi connectivity index (χ0n) is 10.3. The number of ether oxygens (including phenoxy) is 1. The van der Waals surface area contributed by atoms with E-state index in [0.717, 1.165) is 26.5 Å². The van der Waals surface area contributed by atoms with E-state index in [1.165, 1.54) is 4.88 Å². The predicted molar refractivity (Wildman–Crippen MR) is 83.3 cm³/mol. The number of benzene rings is 1. The second-order valence-corrected chi connectivity index (χ2v) is 7.44. The molecule has 1 aromatic heterocycles. The van der Waals surface area contributed by atoms with Gasteiger partial charge in [0.1, 0.15) is 11.9 Å². The number of rotatable bonds is 2. The molecule has 0 saturated carbocycles. The Balaban J connectivity index is 1.95. The highest BCUT2D eigenvalue weighted by molar-refractivity contribution is 9.11. The molecule has 0 aliphatic carbocycles. The minimum absolute atomic E-state index is 0.0995. The second-order valence-electron chi connectivity index (χ2n) is 4.51.